The molecule has 1 aliphatic rings. The maximum Gasteiger partial charge on any atom is 0.0886 e. The molecule has 0 aliphatic heterocycles. The lowest BCUT2D eigenvalue weighted by atomic mass is 9.77. The number of benzene rings is 2. The normalized spacial score (nSPS) is 16.5. The molecule has 3 rings (SSSR count). The first-order valence-corrected chi connectivity index (χ1v) is 8.75. The van der Waals surface area contributed by atoms with Crippen molar-refractivity contribution in [2.45, 2.75) is 36.2 Å². The van der Waals surface area contributed by atoms with Gasteiger partial charge in [0.1, 0.15) is 0 Å². The Morgan fingerprint density at radius 3 is 2.48 bits per heavy atom. The van der Waals surface area contributed by atoms with Gasteiger partial charge < -0.3 is 5.11 Å². The van der Waals surface area contributed by atoms with Gasteiger partial charge >= 0.3 is 0 Å². The van der Waals surface area contributed by atoms with Crippen LogP contribution in [0.25, 0.3) is 0 Å². The lowest BCUT2D eigenvalue weighted by Crippen LogP contribution is -2.13. The highest BCUT2D eigenvalue weighted by Crippen LogP contribution is 2.40. The molecule has 1 unspecified atom stereocenters. The van der Waals surface area contributed by atoms with Crippen LogP contribution in [0.15, 0.2) is 53.4 Å². The van der Waals surface area contributed by atoms with Crippen molar-refractivity contribution in [2.24, 2.45) is 0 Å². The van der Waals surface area contributed by atoms with E-state index in [1.807, 2.05) is 30.3 Å². The Balaban J connectivity index is 1.67. The van der Waals surface area contributed by atoms with Crippen LogP contribution < -0.4 is 0 Å². The molecule has 0 aromatic heterocycles. The lowest BCUT2D eigenvalue weighted by molar-refractivity contribution is 0.201. The third-order valence-electron chi connectivity index (χ3n) is 4.12. The number of thioether (sulfide) groups is 1. The third-order valence-corrected chi connectivity index (χ3v) is 5.46. The van der Waals surface area contributed by atoms with Crippen molar-refractivity contribution in [3.63, 3.8) is 0 Å². The van der Waals surface area contributed by atoms with Gasteiger partial charge in [0.2, 0.25) is 0 Å². The molecule has 110 valence electrons. The molecule has 0 bridgehead atoms. The van der Waals surface area contributed by atoms with Gasteiger partial charge in [-0.1, -0.05) is 42.3 Å². The predicted octanol–water partition coefficient (Wildman–Crippen LogP) is 5.43. The fourth-order valence-electron chi connectivity index (χ4n) is 2.70. The van der Waals surface area contributed by atoms with E-state index in [1.165, 1.54) is 24.8 Å². The zero-order chi connectivity index (χ0) is 14.7. The minimum absolute atomic E-state index is 0.414. The molecular formula is C18H19ClOS. The molecule has 0 saturated heterocycles. The van der Waals surface area contributed by atoms with Gasteiger partial charge in [-0.2, -0.15) is 0 Å². The molecule has 1 fully saturated rings. The van der Waals surface area contributed by atoms with Crippen LogP contribution in [0.2, 0.25) is 5.02 Å². The molecule has 1 aliphatic carbocycles. The maximum absolute atomic E-state index is 10.5. The van der Waals surface area contributed by atoms with Crippen LogP contribution in [0.4, 0.5) is 0 Å². The van der Waals surface area contributed by atoms with Crippen LogP contribution in [0, 0.1) is 0 Å². The first-order valence-electron chi connectivity index (χ1n) is 7.39. The smallest absolute Gasteiger partial charge is 0.0886 e. The van der Waals surface area contributed by atoms with Crippen LogP contribution in [-0.4, -0.2) is 10.9 Å². The van der Waals surface area contributed by atoms with Gasteiger partial charge in [-0.15, -0.1) is 11.8 Å². The Morgan fingerprint density at radius 1 is 1.10 bits per heavy atom. The number of aliphatic hydroxyl groups is 1. The SMILES string of the molecule is OC(CSc1ccc(Cl)cc1)c1ccccc1C1CCC1. The van der Waals surface area contributed by atoms with Crippen molar-refractivity contribution in [3.8, 4) is 0 Å². The molecule has 1 nitrogen and oxygen atoms in total. The first kappa shape index (κ1) is 15.0. The summed E-state index contributed by atoms with van der Waals surface area (Å²) in [4.78, 5) is 1.14. The summed E-state index contributed by atoms with van der Waals surface area (Å²) < 4.78 is 0. The van der Waals surface area contributed by atoms with Crippen LogP contribution in [-0.2, 0) is 0 Å². The monoisotopic (exact) mass is 318 g/mol. The van der Waals surface area contributed by atoms with Crippen LogP contribution in [0.1, 0.15) is 42.4 Å². The van der Waals surface area contributed by atoms with Crippen molar-refractivity contribution < 1.29 is 5.11 Å². The number of rotatable bonds is 5. The summed E-state index contributed by atoms with van der Waals surface area (Å²) >= 11 is 7.56. The standard InChI is InChI=1S/C18H19ClOS/c19-14-8-10-15(11-9-14)21-12-18(20)17-7-2-1-6-16(17)13-4-3-5-13/h1-2,6-11,13,18,20H,3-5,12H2. The molecule has 2 aromatic rings. The predicted molar refractivity (Wildman–Crippen MR) is 90.2 cm³/mol. The van der Waals surface area contributed by atoms with Gasteiger partial charge in [0.25, 0.3) is 0 Å². The zero-order valence-corrected chi connectivity index (χ0v) is 13.4. The van der Waals surface area contributed by atoms with Crippen molar-refractivity contribution in [1.82, 2.24) is 0 Å². The summed E-state index contributed by atoms with van der Waals surface area (Å²) in [5.41, 5.74) is 2.44. The van der Waals surface area contributed by atoms with E-state index >= 15 is 0 Å². The molecule has 1 N–H and O–H groups in total. The van der Waals surface area contributed by atoms with E-state index in [2.05, 4.69) is 18.2 Å². The Kier molecular flexibility index (Phi) is 4.89. The van der Waals surface area contributed by atoms with Crippen LogP contribution in [0.5, 0.6) is 0 Å². The van der Waals surface area contributed by atoms with E-state index in [0.29, 0.717) is 11.7 Å². The van der Waals surface area contributed by atoms with Crippen molar-refractivity contribution in [3.05, 3.63) is 64.7 Å². The average Bonchev–Trinajstić information content (AvgIpc) is 2.45. The first-order chi connectivity index (χ1) is 10.2. The summed E-state index contributed by atoms with van der Waals surface area (Å²) in [6, 6.07) is 16.1. The van der Waals surface area contributed by atoms with E-state index in [1.54, 1.807) is 11.8 Å². The largest absolute Gasteiger partial charge is 0.388 e. The summed E-state index contributed by atoms with van der Waals surface area (Å²) in [6.07, 6.45) is 3.42. The molecule has 1 atom stereocenters. The van der Waals surface area contributed by atoms with Crippen LogP contribution in [0.3, 0.4) is 0 Å². The van der Waals surface area contributed by atoms with E-state index < -0.39 is 6.10 Å². The zero-order valence-electron chi connectivity index (χ0n) is 11.8. The maximum atomic E-state index is 10.5. The highest BCUT2D eigenvalue weighted by molar-refractivity contribution is 7.99. The van der Waals surface area contributed by atoms with E-state index in [9.17, 15) is 5.11 Å². The fourth-order valence-corrected chi connectivity index (χ4v) is 3.69. The summed E-state index contributed by atoms with van der Waals surface area (Å²) in [5, 5.41) is 11.3. The molecule has 0 spiro atoms. The highest BCUT2D eigenvalue weighted by atomic mass is 35.5. The van der Waals surface area contributed by atoms with E-state index in [-0.39, 0.29) is 0 Å². The van der Waals surface area contributed by atoms with Crippen LogP contribution >= 0.6 is 23.4 Å². The molecule has 2 aromatic carbocycles. The second kappa shape index (κ2) is 6.87. The quantitative estimate of drug-likeness (QED) is 0.741. The van der Waals surface area contributed by atoms with Gasteiger partial charge in [-0.05, 0) is 54.2 Å². The second-order valence-corrected chi connectivity index (χ2v) is 7.07. The molecule has 0 amide bonds. The average molecular weight is 319 g/mol. The lowest BCUT2D eigenvalue weighted by Gasteiger charge is -2.29. The Morgan fingerprint density at radius 2 is 1.81 bits per heavy atom. The van der Waals surface area contributed by atoms with E-state index in [4.69, 9.17) is 11.6 Å². The topological polar surface area (TPSA) is 20.2 Å². The van der Waals surface area contributed by atoms with Crippen molar-refractivity contribution in [2.75, 3.05) is 5.75 Å². The molecule has 21 heavy (non-hydrogen) atoms. The van der Waals surface area contributed by atoms with Gasteiger partial charge in [-0.3, -0.25) is 0 Å². The Bertz CT molecular complexity index is 592. The van der Waals surface area contributed by atoms with Gasteiger partial charge in [0.15, 0.2) is 0 Å². The number of hydrogen-bond acceptors (Lipinski definition) is 2. The Hall–Kier alpha value is -0.960. The number of hydrogen-bond donors (Lipinski definition) is 1. The highest BCUT2D eigenvalue weighted by Gasteiger charge is 2.24. The summed E-state index contributed by atoms with van der Waals surface area (Å²) in [6.45, 7) is 0. The number of aliphatic hydroxyl groups excluding tert-OH is 1. The van der Waals surface area contributed by atoms with E-state index in [0.717, 1.165) is 15.5 Å². The minimum Gasteiger partial charge on any atom is -0.388 e. The Labute approximate surface area is 135 Å². The summed E-state index contributed by atoms with van der Waals surface area (Å²) in [5.74, 6) is 1.32. The molecule has 3 heteroatoms. The van der Waals surface area contributed by atoms with Gasteiger partial charge in [0.05, 0.1) is 6.10 Å². The molecular weight excluding hydrogens is 300 g/mol. The van der Waals surface area contributed by atoms with Crippen molar-refractivity contribution >= 4 is 23.4 Å². The fraction of sp³-hybridized carbons (Fsp3) is 0.333. The summed E-state index contributed by atoms with van der Waals surface area (Å²) in [7, 11) is 0. The molecule has 1 saturated carbocycles. The molecule has 0 heterocycles. The molecule has 0 radical (unpaired) electrons. The second-order valence-electron chi connectivity index (χ2n) is 5.54. The van der Waals surface area contributed by atoms with Gasteiger partial charge in [-0.25, -0.2) is 0 Å². The van der Waals surface area contributed by atoms with Gasteiger partial charge in [0, 0.05) is 15.7 Å². The minimum atomic E-state index is -0.414. The number of halogens is 1. The third kappa shape index (κ3) is 3.63. The van der Waals surface area contributed by atoms with Crippen molar-refractivity contribution in [1.29, 1.82) is 0 Å².